The van der Waals surface area contributed by atoms with Crippen LogP contribution in [0.4, 0.5) is 0 Å². The van der Waals surface area contributed by atoms with E-state index < -0.39 is 11.9 Å². The predicted octanol–water partition coefficient (Wildman–Crippen LogP) is 0.995. The first-order chi connectivity index (χ1) is 8.12. The minimum Gasteiger partial charge on any atom is -0.466 e. The normalized spacial score (nSPS) is 12.6. The Morgan fingerprint density at radius 2 is 1.58 bits per heavy atom. The van der Waals surface area contributed by atoms with E-state index in [0.29, 0.717) is 0 Å². The molecule has 0 amide bonds. The average Bonchev–Trinajstić information content (AvgIpc) is 2.36. The molecule has 19 heavy (non-hydrogen) atoms. The second kappa shape index (κ2) is 9.22. The highest BCUT2D eigenvalue weighted by Gasteiger charge is 2.22. The van der Waals surface area contributed by atoms with Crippen molar-refractivity contribution in [2.24, 2.45) is 0 Å². The molecule has 0 saturated heterocycles. The predicted molar refractivity (Wildman–Crippen MR) is 71.4 cm³/mol. The van der Waals surface area contributed by atoms with Crippen LogP contribution in [0.2, 0.25) is 0 Å². The lowest BCUT2D eigenvalue weighted by Crippen LogP contribution is -2.19. The van der Waals surface area contributed by atoms with E-state index in [2.05, 4.69) is 9.47 Å². The monoisotopic (exact) mass is 309 g/mol. The number of nitrogens with zero attached hydrogens (tertiary/aromatic N) is 1. The summed E-state index contributed by atoms with van der Waals surface area (Å²) in [6.07, 6.45) is 3.93. The topological polar surface area (TPSA) is 72.9 Å². The smallest absolute Gasteiger partial charge is 0.335 e. The van der Waals surface area contributed by atoms with Gasteiger partial charge in [-0.2, -0.15) is 0 Å². The molecule has 0 fully saturated rings. The summed E-state index contributed by atoms with van der Waals surface area (Å²) in [6.45, 7) is 0. The third-order valence-corrected chi connectivity index (χ3v) is 2.09. The van der Waals surface area contributed by atoms with Crippen LogP contribution in [0.15, 0.2) is 29.7 Å². The molecule has 1 aliphatic rings. The number of hydrogen-bond donors (Lipinski definition) is 0. The molecule has 6 nitrogen and oxygen atoms in total. The molecule has 0 radical (unpaired) electrons. The Morgan fingerprint density at radius 1 is 1.16 bits per heavy atom. The summed E-state index contributed by atoms with van der Waals surface area (Å²) in [5.74, 6) is 0.418. The zero-order chi connectivity index (χ0) is 12.8. The Labute approximate surface area is 122 Å². The molecule has 0 bridgehead atoms. The molecular formula is C11H13Cl2NO5. The van der Waals surface area contributed by atoms with Gasteiger partial charge in [0.25, 0.3) is 0 Å². The third kappa shape index (κ3) is 5.18. The maximum Gasteiger partial charge on any atom is 0.335 e. The number of halogens is 2. The van der Waals surface area contributed by atoms with Crippen molar-refractivity contribution in [2.45, 2.75) is 6.42 Å². The zero-order valence-electron chi connectivity index (χ0n) is 10.2. The van der Waals surface area contributed by atoms with Crippen molar-refractivity contribution < 1.29 is 23.9 Å². The van der Waals surface area contributed by atoms with Gasteiger partial charge in [0.2, 0.25) is 0 Å². The zero-order valence-corrected chi connectivity index (χ0v) is 11.9. The van der Waals surface area contributed by atoms with Crippen LogP contribution in [0.3, 0.4) is 0 Å². The Bertz CT molecular complexity index is 420. The van der Waals surface area contributed by atoms with Gasteiger partial charge < -0.3 is 14.4 Å². The second-order valence-electron chi connectivity index (χ2n) is 3.16. The molecule has 0 atom stereocenters. The molecule has 0 N–H and O–H groups in total. The van der Waals surface area contributed by atoms with E-state index in [9.17, 15) is 14.4 Å². The van der Waals surface area contributed by atoms with Crippen LogP contribution in [0.25, 0.3) is 0 Å². The van der Waals surface area contributed by atoms with Gasteiger partial charge in [-0.1, -0.05) is 0 Å². The summed E-state index contributed by atoms with van der Waals surface area (Å²) in [5.41, 5.74) is 0.504. The molecule has 0 saturated carbocycles. The molecule has 0 aromatic carbocycles. The lowest BCUT2D eigenvalue weighted by molar-refractivity contribution is -0.136. The van der Waals surface area contributed by atoms with Crippen molar-refractivity contribution in [3.05, 3.63) is 29.7 Å². The van der Waals surface area contributed by atoms with Gasteiger partial charge >= 0.3 is 11.9 Å². The van der Waals surface area contributed by atoms with E-state index in [1.807, 2.05) is 0 Å². The van der Waals surface area contributed by atoms with E-state index >= 15 is 0 Å². The van der Waals surface area contributed by atoms with E-state index in [4.69, 9.17) is 0 Å². The highest BCUT2D eigenvalue weighted by atomic mass is 35.5. The first-order valence-electron chi connectivity index (χ1n) is 4.68. The average molecular weight is 310 g/mol. The minimum absolute atomic E-state index is 0. The first kappa shape index (κ1) is 19.6. The fourth-order valence-corrected chi connectivity index (χ4v) is 1.34. The molecule has 106 valence electrons. The van der Waals surface area contributed by atoms with Gasteiger partial charge in [-0.25, -0.2) is 14.4 Å². The summed E-state index contributed by atoms with van der Waals surface area (Å²) in [4.78, 5) is 34.2. The third-order valence-electron chi connectivity index (χ3n) is 2.09. The largest absolute Gasteiger partial charge is 0.466 e. The first-order valence-corrected chi connectivity index (χ1v) is 4.68. The number of methoxy groups -OCH3 is 2. The molecule has 8 heteroatoms. The van der Waals surface area contributed by atoms with Crippen LogP contribution in [0.1, 0.15) is 6.42 Å². The van der Waals surface area contributed by atoms with E-state index in [0.717, 1.165) is 6.20 Å². The van der Waals surface area contributed by atoms with E-state index in [-0.39, 0.29) is 42.4 Å². The second-order valence-corrected chi connectivity index (χ2v) is 3.16. The fourth-order valence-electron chi connectivity index (χ4n) is 1.34. The van der Waals surface area contributed by atoms with Crippen LogP contribution in [0.5, 0.6) is 0 Å². The van der Waals surface area contributed by atoms with Crippen molar-refractivity contribution in [2.75, 3.05) is 14.2 Å². The number of hydrogen-bond acceptors (Lipinski definition) is 6. The van der Waals surface area contributed by atoms with Gasteiger partial charge in [-0.3, -0.25) is 0 Å². The Morgan fingerprint density at radius 3 is 1.89 bits per heavy atom. The van der Waals surface area contributed by atoms with Gasteiger partial charge in [-0.15, -0.1) is 24.8 Å². The maximum absolute atomic E-state index is 11.4. The summed E-state index contributed by atoms with van der Waals surface area (Å²) >= 11 is 0. The maximum atomic E-state index is 11.4. The summed E-state index contributed by atoms with van der Waals surface area (Å²) in [5, 5.41) is 0. The quantitative estimate of drug-likeness (QED) is 0.572. The van der Waals surface area contributed by atoms with Crippen LogP contribution in [-0.2, 0) is 23.9 Å². The SMILES string of the molecule is COC(=O)C1=CN(C=C=O)C=C(C(=O)OC)C1.Cl.Cl. The molecule has 1 aliphatic heterocycles. The number of carbonyl (C=O) groups excluding carboxylic acids is 3. The van der Waals surface area contributed by atoms with Gasteiger partial charge in [0, 0.05) is 18.8 Å². The molecule has 1 heterocycles. The summed E-state index contributed by atoms with van der Waals surface area (Å²) < 4.78 is 9.10. The highest BCUT2D eigenvalue weighted by molar-refractivity contribution is 5.95. The van der Waals surface area contributed by atoms with Gasteiger partial charge in [0.05, 0.1) is 31.6 Å². The van der Waals surface area contributed by atoms with Gasteiger partial charge in [0.1, 0.15) is 5.94 Å². The molecule has 0 aromatic rings. The molecule has 0 unspecified atom stereocenters. The highest BCUT2D eigenvalue weighted by Crippen LogP contribution is 2.21. The molecule has 0 aliphatic carbocycles. The number of ether oxygens (including phenoxy) is 2. The van der Waals surface area contributed by atoms with E-state index in [1.54, 1.807) is 5.94 Å². The number of carbonyl (C=O) groups is 2. The van der Waals surface area contributed by atoms with Crippen LogP contribution >= 0.6 is 24.8 Å². The summed E-state index contributed by atoms with van der Waals surface area (Å²) in [6, 6.07) is 0. The van der Waals surface area contributed by atoms with Gasteiger partial charge in [-0.05, 0) is 0 Å². The number of esters is 2. The Kier molecular flexibility index (Phi) is 9.50. The molecule has 0 spiro atoms. The lowest BCUT2D eigenvalue weighted by atomic mass is 10.0. The molecule has 1 rings (SSSR count). The van der Waals surface area contributed by atoms with Crippen molar-refractivity contribution in [3.63, 3.8) is 0 Å². The van der Waals surface area contributed by atoms with E-state index in [1.165, 1.54) is 31.5 Å². The Balaban J connectivity index is 0. The Hall–Kier alpha value is -1.75. The molecule has 0 aromatic heterocycles. The number of rotatable bonds is 3. The minimum atomic E-state index is -0.566. The van der Waals surface area contributed by atoms with Crippen molar-refractivity contribution >= 4 is 42.7 Å². The lowest BCUT2D eigenvalue weighted by Gasteiger charge is -2.19. The van der Waals surface area contributed by atoms with Crippen molar-refractivity contribution in [3.8, 4) is 0 Å². The van der Waals surface area contributed by atoms with Gasteiger partial charge in [0.15, 0.2) is 0 Å². The van der Waals surface area contributed by atoms with Crippen molar-refractivity contribution in [1.82, 2.24) is 4.90 Å². The standard InChI is InChI=1S/C11H11NO5.2ClH/c1-16-10(14)8-5-9(11(15)17-2)7-12(6-8)3-4-13;;/h3,6-7H,5H2,1-2H3;2*1H. The van der Waals surface area contributed by atoms with Crippen LogP contribution in [-0.4, -0.2) is 37.0 Å². The summed E-state index contributed by atoms with van der Waals surface area (Å²) in [7, 11) is 2.47. The van der Waals surface area contributed by atoms with Crippen molar-refractivity contribution in [1.29, 1.82) is 0 Å². The van der Waals surface area contributed by atoms with Crippen LogP contribution in [0, 0.1) is 0 Å². The fraction of sp³-hybridized carbons (Fsp3) is 0.273. The molecular weight excluding hydrogens is 297 g/mol. The van der Waals surface area contributed by atoms with Crippen LogP contribution < -0.4 is 0 Å².